The van der Waals surface area contributed by atoms with Gasteiger partial charge in [-0.2, -0.15) is 8.42 Å². The largest absolute Gasteiger partial charge is 0.405 e. The van der Waals surface area contributed by atoms with E-state index in [2.05, 4.69) is 9.27 Å². The third kappa shape index (κ3) is 8.70. The van der Waals surface area contributed by atoms with Crippen molar-refractivity contribution in [2.24, 2.45) is 0 Å². The fraction of sp³-hybridized carbons (Fsp3) is 1.00. The van der Waals surface area contributed by atoms with Gasteiger partial charge in [-0.15, -0.1) is 0 Å². The summed E-state index contributed by atoms with van der Waals surface area (Å²) in [4.78, 5) is 0. The molecule has 0 bridgehead atoms. The highest BCUT2D eigenvalue weighted by Gasteiger charge is 2.26. The second-order valence-electron chi connectivity index (χ2n) is 3.35. The normalized spacial score (nSPS) is 14.8. The van der Waals surface area contributed by atoms with Crippen LogP contribution >= 0.6 is 7.75 Å². The molecule has 1 atom stereocenters. The monoisotopic (exact) mass is 289 g/mol. The lowest BCUT2D eigenvalue weighted by molar-refractivity contribution is 0.200. The molecule has 104 valence electrons. The third-order valence-corrected chi connectivity index (χ3v) is 4.03. The van der Waals surface area contributed by atoms with Crippen LogP contribution in [0.3, 0.4) is 0 Å². The van der Waals surface area contributed by atoms with Gasteiger partial charge in [-0.1, -0.05) is 0 Å². The van der Waals surface area contributed by atoms with Crippen LogP contribution in [0.5, 0.6) is 0 Å². The lowest BCUT2D eigenvalue weighted by Crippen LogP contribution is -2.30. The molecule has 0 rings (SSSR count). The SMILES string of the molecule is CCOP(=O)(N[C@H](C)COS(C)(=O)=O)OCC. The van der Waals surface area contributed by atoms with Gasteiger partial charge in [-0.25, -0.2) is 9.65 Å². The van der Waals surface area contributed by atoms with Crippen LogP contribution in [0.4, 0.5) is 0 Å². The van der Waals surface area contributed by atoms with Crippen molar-refractivity contribution in [3.63, 3.8) is 0 Å². The van der Waals surface area contributed by atoms with Crippen LogP contribution in [0.15, 0.2) is 0 Å². The summed E-state index contributed by atoms with van der Waals surface area (Å²) in [5.74, 6) is 0. The average Bonchev–Trinajstić information content (AvgIpc) is 2.14. The minimum atomic E-state index is -3.51. The van der Waals surface area contributed by atoms with Crippen molar-refractivity contribution in [1.29, 1.82) is 0 Å². The highest BCUT2D eigenvalue weighted by atomic mass is 32.2. The number of rotatable bonds is 9. The topological polar surface area (TPSA) is 90.9 Å². The highest BCUT2D eigenvalue weighted by molar-refractivity contribution is 7.85. The van der Waals surface area contributed by atoms with Crippen LogP contribution < -0.4 is 5.09 Å². The van der Waals surface area contributed by atoms with E-state index in [1.54, 1.807) is 20.8 Å². The van der Waals surface area contributed by atoms with Gasteiger partial charge in [0, 0.05) is 6.04 Å². The van der Waals surface area contributed by atoms with E-state index < -0.39 is 23.9 Å². The predicted octanol–water partition coefficient (Wildman–Crippen LogP) is 1.12. The van der Waals surface area contributed by atoms with Gasteiger partial charge in [-0.3, -0.25) is 13.2 Å². The summed E-state index contributed by atoms with van der Waals surface area (Å²) in [6.45, 7) is 5.31. The molecule has 0 aliphatic rings. The average molecular weight is 289 g/mol. The van der Waals surface area contributed by atoms with Crippen molar-refractivity contribution in [1.82, 2.24) is 5.09 Å². The molecule has 0 fully saturated rings. The minimum Gasteiger partial charge on any atom is -0.297 e. The number of hydrogen-bond acceptors (Lipinski definition) is 6. The van der Waals surface area contributed by atoms with E-state index >= 15 is 0 Å². The molecule has 0 aliphatic carbocycles. The van der Waals surface area contributed by atoms with Crippen molar-refractivity contribution in [3.8, 4) is 0 Å². The summed E-state index contributed by atoms with van der Waals surface area (Å²) in [5, 5.41) is 2.59. The van der Waals surface area contributed by atoms with Gasteiger partial charge in [0.15, 0.2) is 0 Å². The summed E-state index contributed by atoms with van der Waals surface area (Å²) in [6, 6.07) is -0.478. The smallest absolute Gasteiger partial charge is 0.297 e. The maximum atomic E-state index is 12.0. The van der Waals surface area contributed by atoms with Crippen molar-refractivity contribution >= 4 is 17.9 Å². The first-order chi connectivity index (χ1) is 7.72. The van der Waals surface area contributed by atoms with Crippen LogP contribution in [-0.2, 0) is 27.9 Å². The number of hydrogen-bond donors (Lipinski definition) is 1. The van der Waals surface area contributed by atoms with Gasteiger partial charge in [-0.05, 0) is 20.8 Å². The van der Waals surface area contributed by atoms with Gasteiger partial charge in [0.25, 0.3) is 10.1 Å². The Morgan fingerprint density at radius 3 is 2.06 bits per heavy atom. The predicted molar refractivity (Wildman–Crippen MR) is 64.3 cm³/mol. The molecule has 0 saturated carbocycles. The van der Waals surface area contributed by atoms with E-state index in [9.17, 15) is 13.0 Å². The molecule has 0 unspecified atom stereocenters. The standard InChI is InChI=1S/C8H20NO6PS/c1-5-13-16(10,14-6-2)9-8(3)7-15-17(4,11)12/h8H,5-7H2,1-4H3,(H,9,10)/t8-/m1/s1. The molecule has 0 amide bonds. The van der Waals surface area contributed by atoms with Gasteiger partial charge < -0.3 is 0 Å². The van der Waals surface area contributed by atoms with Crippen LogP contribution in [0.1, 0.15) is 20.8 Å². The molecule has 0 aromatic carbocycles. The van der Waals surface area contributed by atoms with E-state index in [4.69, 9.17) is 9.05 Å². The first-order valence-corrected chi connectivity index (χ1v) is 8.59. The van der Waals surface area contributed by atoms with Crippen LogP contribution in [-0.4, -0.2) is 40.5 Å². The molecular formula is C8H20NO6PS. The molecule has 0 heterocycles. The molecule has 1 N–H and O–H groups in total. The van der Waals surface area contributed by atoms with E-state index in [-0.39, 0.29) is 19.8 Å². The summed E-state index contributed by atoms with van der Waals surface area (Å²) in [5.41, 5.74) is 0. The summed E-state index contributed by atoms with van der Waals surface area (Å²) >= 11 is 0. The Morgan fingerprint density at radius 1 is 1.24 bits per heavy atom. The molecular weight excluding hydrogens is 269 g/mol. The Balaban J connectivity index is 4.31. The van der Waals surface area contributed by atoms with Crippen molar-refractivity contribution in [3.05, 3.63) is 0 Å². The second kappa shape index (κ2) is 7.45. The molecule has 0 aromatic rings. The zero-order chi connectivity index (χ0) is 13.5. The molecule has 17 heavy (non-hydrogen) atoms. The highest BCUT2D eigenvalue weighted by Crippen LogP contribution is 2.43. The lowest BCUT2D eigenvalue weighted by atomic mass is 10.4. The molecule has 7 nitrogen and oxygen atoms in total. The van der Waals surface area contributed by atoms with Crippen LogP contribution in [0, 0.1) is 0 Å². The molecule has 9 heteroatoms. The van der Waals surface area contributed by atoms with Gasteiger partial charge >= 0.3 is 7.75 Å². The van der Waals surface area contributed by atoms with Gasteiger partial charge in [0.2, 0.25) is 0 Å². The first kappa shape index (κ1) is 17.0. The minimum absolute atomic E-state index is 0.136. The second-order valence-corrected chi connectivity index (χ2v) is 6.77. The van der Waals surface area contributed by atoms with Crippen LogP contribution in [0.25, 0.3) is 0 Å². The quantitative estimate of drug-likeness (QED) is 0.502. The summed E-state index contributed by atoms with van der Waals surface area (Å²) in [7, 11) is -6.89. The van der Waals surface area contributed by atoms with Gasteiger partial charge in [0.05, 0.1) is 26.1 Å². The number of nitrogens with one attached hydrogen (secondary N) is 1. The maximum Gasteiger partial charge on any atom is 0.405 e. The maximum absolute atomic E-state index is 12.0. The summed E-state index contributed by atoms with van der Waals surface area (Å²) in [6.07, 6.45) is 0.949. The Kier molecular flexibility index (Phi) is 7.46. The fourth-order valence-electron chi connectivity index (χ4n) is 0.985. The van der Waals surface area contributed by atoms with E-state index in [1.807, 2.05) is 0 Å². The van der Waals surface area contributed by atoms with E-state index in [0.29, 0.717) is 0 Å². The molecule has 0 radical (unpaired) electrons. The van der Waals surface area contributed by atoms with Crippen LogP contribution in [0.2, 0.25) is 0 Å². The van der Waals surface area contributed by atoms with E-state index in [1.165, 1.54) is 0 Å². The molecule has 0 aliphatic heterocycles. The summed E-state index contributed by atoms with van der Waals surface area (Å²) < 4.78 is 48.1. The van der Waals surface area contributed by atoms with Crippen molar-refractivity contribution in [2.45, 2.75) is 26.8 Å². The Hall–Kier alpha value is 0.0200. The Labute approximate surface area is 103 Å². The molecule has 0 spiro atoms. The van der Waals surface area contributed by atoms with Crippen molar-refractivity contribution in [2.75, 3.05) is 26.1 Å². The molecule has 0 aromatic heterocycles. The molecule has 0 saturated heterocycles. The lowest BCUT2D eigenvalue weighted by Gasteiger charge is -2.21. The van der Waals surface area contributed by atoms with Crippen molar-refractivity contribution < 1.29 is 26.2 Å². The third-order valence-electron chi connectivity index (χ3n) is 1.51. The zero-order valence-corrected chi connectivity index (χ0v) is 12.2. The zero-order valence-electron chi connectivity index (χ0n) is 10.5. The van der Waals surface area contributed by atoms with Gasteiger partial charge in [0.1, 0.15) is 0 Å². The first-order valence-electron chi connectivity index (χ1n) is 5.23. The van der Waals surface area contributed by atoms with E-state index in [0.717, 1.165) is 6.26 Å². The fourth-order valence-corrected chi connectivity index (χ4v) is 2.95. The Bertz CT molecular complexity index is 347. The Morgan fingerprint density at radius 2 is 1.71 bits per heavy atom.